The molecular weight excluding hydrogens is 301 g/mol. The van der Waals surface area contributed by atoms with Gasteiger partial charge in [0.2, 0.25) is 0 Å². The summed E-state index contributed by atoms with van der Waals surface area (Å²) in [5, 5.41) is 8.97. The number of carbonyl (C=O) groups is 1. The van der Waals surface area contributed by atoms with Crippen LogP contribution >= 0.6 is 0 Å². The van der Waals surface area contributed by atoms with Crippen LogP contribution in [0.5, 0.6) is 0 Å². The van der Waals surface area contributed by atoms with Gasteiger partial charge in [-0.15, -0.1) is 0 Å². The molecule has 0 bridgehead atoms. The lowest BCUT2D eigenvalue weighted by Crippen LogP contribution is -2.37. The molecule has 0 heterocycles. The van der Waals surface area contributed by atoms with Crippen LogP contribution in [-0.4, -0.2) is 32.2 Å². The van der Waals surface area contributed by atoms with E-state index >= 15 is 0 Å². The number of alkyl halides is 3. The largest absolute Gasteiger partial charge is 0.478 e. The van der Waals surface area contributed by atoms with Crippen molar-refractivity contribution in [2.45, 2.75) is 13.1 Å². The first-order valence-corrected chi connectivity index (χ1v) is 6.67. The number of aryl methyl sites for hydroxylation is 1. The molecule has 3 N–H and O–H groups in total. The van der Waals surface area contributed by atoms with E-state index in [-0.39, 0.29) is 16.8 Å². The first-order valence-electron chi connectivity index (χ1n) is 5.19. The maximum absolute atomic E-state index is 11.9. The Morgan fingerprint density at radius 2 is 1.95 bits per heavy atom. The fraction of sp³-hybridized carbons (Fsp3) is 0.300. The van der Waals surface area contributed by atoms with Crippen LogP contribution in [0.25, 0.3) is 0 Å². The maximum atomic E-state index is 11.9. The smallest absolute Gasteiger partial charge is 0.402 e. The molecule has 0 amide bonds. The Morgan fingerprint density at radius 1 is 1.35 bits per heavy atom. The summed E-state index contributed by atoms with van der Waals surface area (Å²) in [4.78, 5) is 11.0. The zero-order valence-electron chi connectivity index (χ0n) is 10.2. The highest BCUT2D eigenvalue weighted by molar-refractivity contribution is 7.90. The molecule has 0 radical (unpaired) electrons. The molecule has 0 aromatic heterocycles. The number of carboxylic acid groups (broad SMARTS) is 1. The molecule has 6 nitrogen and oxygen atoms in total. The third-order valence-corrected chi connectivity index (χ3v) is 3.21. The Kier molecular flexibility index (Phi) is 4.61. The number of anilines is 1. The summed E-state index contributed by atoms with van der Waals surface area (Å²) in [5.74, 6) is -1.39. The third kappa shape index (κ3) is 4.70. The van der Waals surface area contributed by atoms with Gasteiger partial charge >= 0.3 is 12.1 Å². The minimum Gasteiger partial charge on any atom is -0.478 e. The van der Waals surface area contributed by atoms with E-state index in [0.717, 1.165) is 6.07 Å². The molecule has 0 saturated heterocycles. The van der Waals surface area contributed by atoms with Crippen LogP contribution in [0.1, 0.15) is 15.9 Å². The van der Waals surface area contributed by atoms with Crippen molar-refractivity contribution >= 4 is 21.9 Å². The molecule has 0 aliphatic heterocycles. The SMILES string of the molecule is Cc1cccc(NS(=O)(=O)NCC(F)(F)F)c1C(=O)O. The van der Waals surface area contributed by atoms with Crippen LogP contribution in [0.2, 0.25) is 0 Å². The van der Waals surface area contributed by atoms with Gasteiger partial charge in [0.15, 0.2) is 0 Å². The summed E-state index contributed by atoms with van der Waals surface area (Å²) in [6, 6.07) is 3.96. The Balaban J connectivity index is 2.99. The van der Waals surface area contributed by atoms with E-state index in [9.17, 15) is 26.4 Å². The Labute approximate surface area is 112 Å². The number of nitrogens with one attached hydrogen (secondary N) is 2. The minimum atomic E-state index is -4.71. The second-order valence-electron chi connectivity index (χ2n) is 3.84. The molecule has 112 valence electrons. The summed E-state index contributed by atoms with van der Waals surface area (Å²) < 4.78 is 61.7. The summed E-state index contributed by atoms with van der Waals surface area (Å²) in [6.45, 7) is -0.319. The Hall–Kier alpha value is -1.81. The molecule has 1 aromatic carbocycles. The number of benzene rings is 1. The number of rotatable bonds is 5. The average molecular weight is 312 g/mol. The lowest BCUT2D eigenvalue weighted by Gasteiger charge is -2.13. The highest BCUT2D eigenvalue weighted by atomic mass is 32.2. The minimum absolute atomic E-state index is 0.272. The van der Waals surface area contributed by atoms with E-state index < -0.39 is 28.9 Å². The summed E-state index contributed by atoms with van der Waals surface area (Å²) >= 11 is 0. The highest BCUT2D eigenvalue weighted by Gasteiger charge is 2.29. The van der Waals surface area contributed by atoms with E-state index in [1.807, 2.05) is 0 Å². The van der Waals surface area contributed by atoms with Crippen molar-refractivity contribution < 1.29 is 31.5 Å². The van der Waals surface area contributed by atoms with E-state index in [4.69, 9.17) is 5.11 Å². The molecule has 0 spiro atoms. The normalized spacial score (nSPS) is 12.2. The van der Waals surface area contributed by atoms with E-state index in [1.54, 1.807) is 4.72 Å². The molecule has 0 fully saturated rings. The van der Waals surface area contributed by atoms with Crippen molar-refractivity contribution in [3.8, 4) is 0 Å². The van der Waals surface area contributed by atoms with Gasteiger partial charge in [-0.2, -0.15) is 26.3 Å². The molecule has 10 heteroatoms. The number of halogens is 3. The number of hydrogen-bond donors (Lipinski definition) is 3. The molecular formula is C10H11F3N2O4S. The second kappa shape index (κ2) is 5.67. The first kappa shape index (κ1) is 16.2. The number of carboxylic acids is 1. The van der Waals surface area contributed by atoms with E-state index in [0.29, 0.717) is 0 Å². The van der Waals surface area contributed by atoms with Gasteiger partial charge in [0, 0.05) is 0 Å². The third-order valence-electron chi connectivity index (χ3n) is 2.19. The lowest BCUT2D eigenvalue weighted by molar-refractivity contribution is -0.121. The van der Waals surface area contributed by atoms with E-state index in [2.05, 4.69) is 0 Å². The van der Waals surface area contributed by atoms with E-state index in [1.165, 1.54) is 23.8 Å². The fourth-order valence-electron chi connectivity index (χ4n) is 1.39. The fourth-order valence-corrected chi connectivity index (χ4v) is 2.28. The van der Waals surface area contributed by atoms with Crippen molar-refractivity contribution in [3.05, 3.63) is 29.3 Å². The predicted octanol–water partition coefficient (Wildman–Crippen LogP) is 1.50. The standard InChI is InChI=1S/C10H11F3N2O4S/c1-6-3-2-4-7(8(6)9(16)17)15-20(18,19)14-5-10(11,12)13/h2-4,14-15H,5H2,1H3,(H,16,17). The summed E-state index contributed by atoms with van der Waals surface area (Å²) in [5.41, 5.74) is -0.370. The van der Waals surface area contributed by atoms with Crippen LogP contribution < -0.4 is 9.44 Å². The number of hydrogen-bond acceptors (Lipinski definition) is 3. The zero-order valence-corrected chi connectivity index (χ0v) is 11.0. The van der Waals surface area contributed by atoms with Gasteiger partial charge in [0.05, 0.1) is 11.3 Å². The van der Waals surface area contributed by atoms with Crippen molar-refractivity contribution in [1.29, 1.82) is 0 Å². The van der Waals surface area contributed by atoms with Gasteiger partial charge in [-0.25, -0.2) is 4.79 Å². The predicted molar refractivity (Wildman–Crippen MR) is 64.7 cm³/mol. The highest BCUT2D eigenvalue weighted by Crippen LogP contribution is 2.20. The second-order valence-corrected chi connectivity index (χ2v) is 5.34. The van der Waals surface area contributed by atoms with Gasteiger partial charge in [-0.1, -0.05) is 12.1 Å². The average Bonchev–Trinajstić information content (AvgIpc) is 2.24. The molecule has 0 unspecified atom stereocenters. The molecule has 1 rings (SSSR count). The first-order chi connectivity index (χ1) is 9.02. The summed E-state index contributed by atoms with van der Waals surface area (Å²) in [6.07, 6.45) is -4.71. The van der Waals surface area contributed by atoms with Gasteiger partial charge in [-0.3, -0.25) is 4.72 Å². The maximum Gasteiger partial charge on any atom is 0.402 e. The van der Waals surface area contributed by atoms with Gasteiger partial charge < -0.3 is 5.11 Å². The molecule has 0 aliphatic rings. The number of aromatic carboxylic acids is 1. The van der Waals surface area contributed by atoms with Crippen molar-refractivity contribution in [1.82, 2.24) is 4.72 Å². The van der Waals surface area contributed by atoms with Crippen molar-refractivity contribution in [2.24, 2.45) is 0 Å². The summed E-state index contributed by atoms with van der Waals surface area (Å²) in [7, 11) is -4.52. The van der Waals surface area contributed by atoms with Gasteiger partial charge in [0.1, 0.15) is 6.54 Å². The van der Waals surface area contributed by atoms with Crippen LogP contribution in [0.4, 0.5) is 18.9 Å². The van der Waals surface area contributed by atoms with Crippen LogP contribution in [-0.2, 0) is 10.2 Å². The molecule has 0 saturated carbocycles. The molecule has 1 aromatic rings. The van der Waals surface area contributed by atoms with Gasteiger partial charge in [-0.05, 0) is 18.6 Å². The Bertz CT molecular complexity index is 613. The molecule has 0 aliphatic carbocycles. The molecule has 0 atom stereocenters. The topological polar surface area (TPSA) is 95.5 Å². The molecule has 20 heavy (non-hydrogen) atoms. The zero-order chi connectivity index (χ0) is 15.6. The van der Waals surface area contributed by atoms with Gasteiger partial charge in [0.25, 0.3) is 10.2 Å². The monoisotopic (exact) mass is 312 g/mol. The van der Waals surface area contributed by atoms with Crippen LogP contribution in [0.15, 0.2) is 18.2 Å². The van der Waals surface area contributed by atoms with Crippen molar-refractivity contribution in [2.75, 3.05) is 11.3 Å². The quantitative estimate of drug-likeness (QED) is 0.768. The Morgan fingerprint density at radius 3 is 2.45 bits per heavy atom. The van der Waals surface area contributed by atoms with Crippen LogP contribution in [0, 0.1) is 6.92 Å². The lowest BCUT2D eigenvalue weighted by atomic mass is 10.1. The van der Waals surface area contributed by atoms with Crippen molar-refractivity contribution in [3.63, 3.8) is 0 Å². The van der Waals surface area contributed by atoms with Crippen LogP contribution in [0.3, 0.4) is 0 Å².